The van der Waals surface area contributed by atoms with Gasteiger partial charge in [-0.25, -0.2) is 0 Å². The third-order valence-corrected chi connectivity index (χ3v) is 14.0. The predicted molar refractivity (Wildman–Crippen MR) is 292 cm³/mol. The lowest BCUT2D eigenvalue weighted by Gasteiger charge is -2.22. The average Bonchev–Trinajstić information content (AvgIpc) is 3.33. The number of ether oxygens (including phenoxy) is 1. The number of allylic oxidation sites excluding steroid dienone is 4. The van der Waals surface area contributed by atoms with E-state index in [1.54, 1.807) is 0 Å². The molecule has 2 atom stereocenters. The summed E-state index contributed by atoms with van der Waals surface area (Å²) in [4.78, 5) is 24.6. The Bertz CT molecular complexity index is 1040. The second-order valence-electron chi connectivity index (χ2n) is 20.7. The van der Waals surface area contributed by atoms with Gasteiger partial charge in [0.25, 0.3) is 0 Å². The summed E-state index contributed by atoms with van der Waals surface area (Å²) in [6.07, 6.45) is 68.8. The van der Waals surface area contributed by atoms with E-state index >= 15 is 0 Å². The minimum absolute atomic E-state index is 0.00525. The highest BCUT2D eigenvalue weighted by Gasteiger charge is 2.20. The van der Waals surface area contributed by atoms with Crippen molar-refractivity contribution in [3.05, 3.63) is 24.3 Å². The van der Waals surface area contributed by atoms with Gasteiger partial charge in [-0.3, -0.25) is 9.59 Å². The molecule has 0 aromatic rings. The molecule has 0 aromatic heterocycles. The number of hydrogen-bond acceptors (Lipinski definition) is 5. The predicted octanol–water partition coefficient (Wildman–Crippen LogP) is 18.6. The molecule has 6 heteroatoms. The average molecular weight is 945 g/mol. The van der Waals surface area contributed by atoms with Gasteiger partial charge in [0.2, 0.25) is 5.91 Å². The van der Waals surface area contributed by atoms with Crippen molar-refractivity contribution in [2.75, 3.05) is 13.2 Å². The number of unbranched alkanes of at least 4 members (excludes halogenated alkanes) is 41. The van der Waals surface area contributed by atoms with Crippen molar-refractivity contribution in [2.24, 2.45) is 0 Å². The van der Waals surface area contributed by atoms with E-state index in [2.05, 4.69) is 43.5 Å². The highest BCUT2D eigenvalue weighted by atomic mass is 16.5. The summed E-state index contributed by atoms with van der Waals surface area (Å²) in [6, 6.07) is -0.550. The van der Waals surface area contributed by atoms with Crippen LogP contribution in [-0.4, -0.2) is 47.4 Å². The molecule has 0 bridgehead atoms. The molecule has 67 heavy (non-hydrogen) atoms. The molecule has 0 rings (SSSR count). The van der Waals surface area contributed by atoms with Crippen LogP contribution >= 0.6 is 0 Å². The monoisotopic (exact) mass is 944 g/mol. The van der Waals surface area contributed by atoms with Crippen LogP contribution in [0.5, 0.6) is 0 Å². The van der Waals surface area contributed by atoms with Gasteiger partial charge >= 0.3 is 5.97 Å². The van der Waals surface area contributed by atoms with E-state index in [0.29, 0.717) is 25.9 Å². The van der Waals surface area contributed by atoms with E-state index in [-0.39, 0.29) is 18.5 Å². The molecule has 0 aromatic carbocycles. The van der Waals surface area contributed by atoms with Crippen LogP contribution in [0.4, 0.5) is 0 Å². The number of nitrogens with one attached hydrogen (secondary N) is 1. The zero-order valence-electron chi connectivity index (χ0n) is 45.1. The van der Waals surface area contributed by atoms with Crippen LogP contribution < -0.4 is 5.32 Å². The third kappa shape index (κ3) is 53.5. The lowest BCUT2D eigenvalue weighted by atomic mass is 10.0. The molecule has 0 aliphatic rings. The van der Waals surface area contributed by atoms with E-state index in [9.17, 15) is 19.8 Å². The van der Waals surface area contributed by atoms with Gasteiger partial charge in [0.15, 0.2) is 0 Å². The largest absolute Gasteiger partial charge is 0.466 e. The summed E-state index contributed by atoms with van der Waals surface area (Å²) in [7, 11) is 0. The van der Waals surface area contributed by atoms with Crippen molar-refractivity contribution >= 4 is 11.9 Å². The van der Waals surface area contributed by atoms with Crippen molar-refractivity contribution in [1.82, 2.24) is 5.32 Å². The standard InChI is InChI=1S/C61H117NO5/c1-3-5-7-9-11-13-15-17-19-21-22-24-26-31-35-39-43-47-51-55-61(66)67-56-52-48-44-40-36-32-28-27-30-34-38-42-46-50-54-60(65)62-58(57-63)59(64)53-49-45-41-37-33-29-25-23-20-18-16-14-12-10-8-6-4-2/h11,13,17,19,58-59,63-64H,3-10,12,14-16,18,20-57H2,1-2H3,(H,62,65)/b13-11-,19-17-. The molecule has 0 spiro atoms. The number of carbonyl (C=O) groups is 2. The number of aliphatic hydroxyl groups excluding tert-OH is 2. The molecule has 0 heterocycles. The topological polar surface area (TPSA) is 95.9 Å². The Morgan fingerprint density at radius 3 is 1.16 bits per heavy atom. The van der Waals surface area contributed by atoms with Crippen molar-refractivity contribution in [3.63, 3.8) is 0 Å². The quantitative estimate of drug-likeness (QED) is 0.0321. The highest BCUT2D eigenvalue weighted by Crippen LogP contribution is 2.18. The molecule has 0 fully saturated rings. The lowest BCUT2D eigenvalue weighted by molar-refractivity contribution is -0.143. The molecule has 396 valence electrons. The van der Waals surface area contributed by atoms with Crippen LogP contribution in [-0.2, 0) is 14.3 Å². The molecule has 2 unspecified atom stereocenters. The normalized spacial score (nSPS) is 12.7. The molecule has 6 nitrogen and oxygen atoms in total. The number of amides is 1. The molecule has 0 radical (unpaired) electrons. The van der Waals surface area contributed by atoms with E-state index in [1.807, 2.05) is 0 Å². The summed E-state index contributed by atoms with van der Waals surface area (Å²) >= 11 is 0. The van der Waals surface area contributed by atoms with E-state index in [0.717, 1.165) is 57.8 Å². The Kier molecular flexibility index (Phi) is 55.5. The zero-order chi connectivity index (χ0) is 48.6. The van der Waals surface area contributed by atoms with Crippen molar-refractivity contribution in [3.8, 4) is 0 Å². The zero-order valence-corrected chi connectivity index (χ0v) is 45.1. The van der Waals surface area contributed by atoms with Gasteiger partial charge in [0.1, 0.15) is 0 Å². The smallest absolute Gasteiger partial charge is 0.305 e. The van der Waals surface area contributed by atoms with E-state index < -0.39 is 12.1 Å². The molecule has 0 aliphatic carbocycles. The molecule has 0 saturated heterocycles. The first-order chi connectivity index (χ1) is 33.0. The Morgan fingerprint density at radius 2 is 0.746 bits per heavy atom. The van der Waals surface area contributed by atoms with Crippen molar-refractivity contribution in [1.29, 1.82) is 0 Å². The molecule has 0 saturated carbocycles. The number of rotatable bonds is 56. The van der Waals surface area contributed by atoms with Crippen molar-refractivity contribution < 1.29 is 24.5 Å². The van der Waals surface area contributed by atoms with Gasteiger partial charge in [0, 0.05) is 12.8 Å². The highest BCUT2D eigenvalue weighted by molar-refractivity contribution is 5.76. The van der Waals surface area contributed by atoms with Gasteiger partial charge in [-0.15, -0.1) is 0 Å². The third-order valence-electron chi connectivity index (χ3n) is 14.0. The molecule has 3 N–H and O–H groups in total. The Morgan fingerprint density at radius 1 is 0.418 bits per heavy atom. The summed E-state index contributed by atoms with van der Waals surface area (Å²) in [6.45, 7) is 4.93. The van der Waals surface area contributed by atoms with Gasteiger partial charge in [-0.05, 0) is 57.8 Å². The fraction of sp³-hybridized carbons (Fsp3) is 0.902. The Labute approximate surface area is 418 Å². The fourth-order valence-corrected chi connectivity index (χ4v) is 9.38. The first-order valence-corrected chi connectivity index (χ1v) is 30.1. The Hall–Kier alpha value is -1.66. The first kappa shape index (κ1) is 65.3. The van der Waals surface area contributed by atoms with Crippen LogP contribution in [0.3, 0.4) is 0 Å². The maximum absolute atomic E-state index is 12.5. The van der Waals surface area contributed by atoms with Crippen LogP contribution in [0.1, 0.15) is 328 Å². The summed E-state index contributed by atoms with van der Waals surface area (Å²) in [5.41, 5.74) is 0. The maximum atomic E-state index is 12.5. The number of aliphatic hydroxyl groups is 2. The van der Waals surface area contributed by atoms with Gasteiger partial charge in [0.05, 0.1) is 25.4 Å². The molecule has 0 aliphatic heterocycles. The van der Waals surface area contributed by atoms with E-state index in [1.165, 1.54) is 238 Å². The number of hydrogen-bond donors (Lipinski definition) is 3. The number of esters is 1. The van der Waals surface area contributed by atoms with Crippen molar-refractivity contribution in [2.45, 2.75) is 341 Å². The Balaban J connectivity index is 3.42. The summed E-state index contributed by atoms with van der Waals surface area (Å²) in [5, 5.41) is 23.3. The second-order valence-corrected chi connectivity index (χ2v) is 20.7. The van der Waals surface area contributed by atoms with Crippen LogP contribution in [0.2, 0.25) is 0 Å². The number of carbonyl (C=O) groups excluding carboxylic acids is 2. The minimum atomic E-state index is -0.672. The minimum Gasteiger partial charge on any atom is -0.466 e. The fourth-order valence-electron chi connectivity index (χ4n) is 9.38. The van der Waals surface area contributed by atoms with Gasteiger partial charge in [-0.2, -0.15) is 0 Å². The molecular weight excluding hydrogens is 827 g/mol. The molecule has 1 amide bonds. The van der Waals surface area contributed by atoms with Crippen LogP contribution in [0, 0.1) is 0 Å². The van der Waals surface area contributed by atoms with Gasteiger partial charge in [-0.1, -0.05) is 282 Å². The van der Waals surface area contributed by atoms with E-state index in [4.69, 9.17) is 4.74 Å². The first-order valence-electron chi connectivity index (χ1n) is 30.1. The van der Waals surface area contributed by atoms with Gasteiger partial charge < -0.3 is 20.3 Å². The maximum Gasteiger partial charge on any atom is 0.305 e. The SMILES string of the molecule is CCCCC/C=C\C/C=C\CCCCCCCCCCCC(=O)OCCCCCCCCCCCCCCCCC(=O)NC(CO)C(O)CCCCCCCCCCCCCCCCCCC. The lowest BCUT2D eigenvalue weighted by Crippen LogP contribution is -2.45. The van der Waals surface area contributed by atoms with Crippen LogP contribution in [0.25, 0.3) is 0 Å². The molecular formula is C61H117NO5. The summed E-state index contributed by atoms with van der Waals surface area (Å²) < 4.78 is 5.49. The second kappa shape index (κ2) is 56.9. The summed E-state index contributed by atoms with van der Waals surface area (Å²) in [5.74, 6) is -0.0485. The van der Waals surface area contributed by atoms with Crippen LogP contribution in [0.15, 0.2) is 24.3 Å².